The number of benzene rings is 1. The lowest BCUT2D eigenvalue weighted by atomic mass is 10.3. The zero-order valence-corrected chi connectivity index (χ0v) is 11.8. The molecule has 0 spiro atoms. The third-order valence-corrected chi connectivity index (χ3v) is 2.98. The molecular formula is C12H14BrN5O. The van der Waals surface area contributed by atoms with Gasteiger partial charge in [-0.2, -0.15) is 9.90 Å². The van der Waals surface area contributed by atoms with E-state index in [0.29, 0.717) is 18.8 Å². The fourth-order valence-corrected chi connectivity index (χ4v) is 1.72. The normalized spacial score (nSPS) is 10.4. The van der Waals surface area contributed by atoms with Crippen molar-refractivity contribution in [1.82, 2.24) is 20.3 Å². The third-order valence-electron chi connectivity index (χ3n) is 2.45. The molecule has 1 aromatic carbocycles. The molecule has 6 nitrogen and oxygen atoms in total. The van der Waals surface area contributed by atoms with Crippen LogP contribution < -0.4 is 11.1 Å². The molecule has 0 radical (unpaired) electrons. The fourth-order valence-electron chi connectivity index (χ4n) is 1.46. The number of amides is 1. The number of aromatic nitrogens is 3. The van der Waals surface area contributed by atoms with E-state index in [2.05, 4.69) is 31.4 Å². The summed E-state index contributed by atoms with van der Waals surface area (Å²) in [5.74, 6) is -0.239. The molecule has 0 atom stereocenters. The van der Waals surface area contributed by atoms with E-state index >= 15 is 0 Å². The van der Waals surface area contributed by atoms with Crippen LogP contribution in [0.2, 0.25) is 0 Å². The second-order valence-electron chi connectivity index (χ2n) is 3.89. The van der Waals surface area contributed by atoms with Gasteiger partial charge in [0.1, 0.15) is 0 Å². The van der Waals surface area contributed by atoms with Crippen LogP contribution >= 0.6 is 15.9 Å². The van der Waals surface area contributed by atoms with Crippen molar-refractivity contribution in [2.45, 2.75) is 6.42 Å². The Morgan fingerprint density at radius 3 is 2.79 bits per heavy atom. The van der Waals surface area contributed by atoms with Crippen molar-refractivity contribution < 1.29 is 4.79 Å². The number of rotatable bonds is 5. The van der Waals surface area contributed by atoms with Gasteiger partial charge in [-0.05, 0) is 37.2 Å². The standard InChI is InChI=1S/C12H14BrN5O/c13-9-2-4-10(5-3-9)18-16-8-11(17-18)12(19)15-7-1-6-14/h2-5,8H,1,6-7,14H2,(H,15,19). The maximum atomic E-state index is 11.7. The van der Waals surface area contributed by atoms with Gasteiger partial charge in [-0.25, -0.2) is 0 Å². The van der Waals surface area contributed by atoms with E-state index in [1.54, 1.807) is 0 Å². The van der Waals surface area contributed by atoms with Gasteiger partial charge in [0.05, 0.1) is 11.9 Å². The molecule has 0 unspecified atom stereocenters. The van der Waals surface area contributed by atoms with Crippen LogP contribution in [-0.4, -0.2) is 34.0 Å². The fraction of sp³-hybridized carbons (Fsp3) is 0.250. The van der Waals surface area contributed by atoms with Gasteiger partial charge < -0.3 is 11.1 Å². The minimum atomic E-state index is -0.239. The number of hydrogen-bond donors (Lipinski definition) is 2. The molecule has 0 aliphatic heterocycles. The highest BCUT2D eigenvalue weighted by Gasteiger charge is 2.10. The largest absolute Gasteiger partial charge is 0.351 e. The van der Waals surface area contributed by atoms with Gasteiger partial charge in [0.25, 0.3) is 5.91 Å². The Labute approximate surface area is 119 Å². The summed E-state index contributed by atoms with van der Waals surface area (Å²) in [5.41, 5.74) is 6.45. The second-order valence-corrected chi connectivity index (χ2v) is 4.81. The van der Waals surface area contributed by atoms with Crippen LogP contribution in [0.15, 0.2) is 34.9 Å². The quantitative estimate of drug-likeness (QED) is 0.807. The van der Waals surface area contributed by atoms with E-state index < -0.39 is 0 Å². The number of nitrogens with one attached hydrogen (secondary N) is 1. The van der Waals surface area contributed by atoms with Gasteiger partial charge in [-0.3, -0.25) is 4.79 Å². The Morgan fingerprint density at radius 2 is 2.11 bits per heavy atom. The van der Waals surface area contributed by atoms with E-state index in [4.69, 9.17) is 5.73 Å². The van der Waals surface area contributed by atoms with Crippen LogP contribution in [0.4, 0.5) is 0 Å². The Hall–Kier alpha value is -1.73. The van der Waals surface area contributed by atoms with Crippen molar-refractivity contribution in [3.05, 3.63) is 40.6 Å². The molecule has 0 aliphatic rings. The molecule has 2 aromatic rings. The van der Waals surface area contributed by atoms with Crippen molar-refractivity contribution >= 4 is 21.8 Å². The van der Waals surface area contributed by atoms with Gasteiger partial charge in [0, 0.05) is 11.0 Å². The molecule has 3 N–H and O–H groups in total. The number of hydrogen-bond acceptors (Lipinski definition) is 4. The Bertz CT molecular complexity index is 552. The summed E-state index contributed by atoms with van der Waals surface area (Å²) in [6.45, 7) is 1.09. The summed E-state index contributed by atoms with van der Waals surface area (Å²) in [7, 11) is 0. The van der Waals surface area contributed by atoms with E-state index in [-0.39, 0.29) is 5.91 Å². The number of carbonyl (C=O) groups excluding carboxylic acids is 1. The van der Waals surface area contributed by atoms with E-state index in [1.165, 1.54) is 11.0 Å². The van der Waals surface area contributed by atoms with Crippen molar-refractivity contribution in [3.63, 3.8) is 0 Å². The first-order valence-electron chi connectivity index (χ1n) is 5.87. The third kappa shape index (κ3) is 3.62. The summed E-state index contributed by atoms with van der Waals surface area (Å²) in [6, 6.07) is 7.50. The maximum absolute atomic E-state index is 11.7. The van der Waals surface area contributed by atoms with Gasteiger partial charge in [-0.15, -0.1) is 5.10 Å². The molecule has 1 amide bonds. The van der Waals surface area contributed by atoms with Crippen molar-refractivity contribution in [2.75, 3.05) is 13.1 Å². The van der Waals surface area contributed by atoms with E-state index in [1.807, 2.05) is 24.3 Å². The molecule has 0 aliphatic carbocycles. The SMILES string of the molecule is NCCCNC(=O)c1cnn(-c2ccc(Br)cc2)n1. The van der Waals surface area contributed by atoms with Crippen LogP contribution in [0.5, 0.6) is 0 Å². The molecule has 0 saturated heterocycles. The average molecular weight is 324 g/mol. The molecule has 1 aromatic heterocycles. The average Bonchev–Trinajstić information content (AvgIpc) is 2.89. The Morgan fingerprint density at radius 1 is 1.37 bits per heavy atom. The molecule has 1 heterocycles. The van der Waals surface area contributed by atoms with Crippen LogP contribution in [-0.2, 0) is 0 Å². The zero-order chi connectivity index (χ0) is 13.7. The molecule has 7 heteroatoms. The first-order valence-corrected chi connectivity index (χ1v) is 6.66. The van der Waals surface area contributed by atoms with Gasteiger partial charge in [-0.1, -0.05) is 15.9 Å². The van der Waals surface area contributed by atoms with Crippen LogP contribution in [0.25, 0.3) is 5.69 Å². The van der Waals surface area contributed by atoms with Crippen molar-refractivity contribution in [3.8, 4) is 5.69 Å². The van der Waals surface area contributed by atoms with Crippen LogP contribution in [0.3, 0.4) is 0 Å². The lowest BCUT2D eigenvalue weighted by Gasteiger charge is -2.01. The molecule has 2 rings (SSSR count). The topological polar surface area (TPSA) is 85.8 Å². The van der Waals surface area contributed by atoms with Gasteiger partial charge in [0.15, 0.2) is 5.69 Å². The molecular weight excluding hydrogens is 310 g/mol. The monoisotopic (exact) mass is 323 g/mol. The van der Waals surface area contributed by atoms with E-state index in [0.717, 1.165) is 16.6 Å². The summed E-state index contributed by atoms with van der Waals surface area (Å²) in [5, 5.41) is 10.9. The highest BCUT2D eigenvalue weighted by atomic mass is 79.9. The van der Waals surface area contributed by atoms with Gasteiger partial charge >= 0.3 is 0 Å². The molecule has 100 valence electrons. The second kappa shape index (κ2) is 6.44. The highest BCUT2D eigenvalue weighted by Crippen LogP contribution is 2.12. The highest BCUT2D eigenvalue weighted by molar-refractivity contribution is 9.10. The van der Waals surface area contributed by atoms with Crippen LogP contribution in [0, 0.1) is 0 Å². The molecule has 0 fully saturated rings. The first kappa shape index (κ1) is 13.7. The number of carbonyl (C=O) groups is 1. The maximum Gasteiger partial charge on any atom is 0.273 e. The predicted octanol–water partition coefficient (Wildman–Crippen LogP) is 1.11. The number of nitrogens with two attached hydrogens (primary N) is 1. The first-order chi connectivity index (χ1) is 9.20. The lowest BCUT2D eigenvalue weighted by Crippen LogP contribution is -2.26. The van der Waals surface area contributed by atoms with Crippen LogP contribution in [0.1, 0.15) is 16.9 Å². The predicted molar refractivity (Wildman–Crippen MR) is 75.1 cm³/mol. The summed E-state index contributed by atoms with van der Waals surface area (Å²) in [4.78, 5) is 13.2. The van der Waals surface area contributed by atoms with E-state index in [9.17, 15) is 4.79 Å². The molecule has 0 bridgehead atoms. The van der Waals surface area contributed by atoms with Crippen molar-refractivity contribution in [1.29, 1.82) is 0 Å². The lowest BCUT2D eigenvalue weighted by molar-refractivity contribution is 0.0948. The Kier molecular flexibility index (Phi) is 4.64. The Balaban J connectivity index is 2.06. The van der Waals surface area contributed by atoms with Gasteiger partial charge in [0.2, 0.25) is 0 Å². The number of halogens is 1. The summed E-state index contributed by atoms with van der Waals surface area (Å²) in [6.07, 6.45) is 2.19. The number of nitrogens with zero attached hydrogens (tertiary/aromatic N) is 3. The molecule has 19 heavy (non-hydrogen) atoms. The smallest absolute Gasteiger partial charge is 0.273 e. The minimum absolute atomic E-state index is 0.239. The minimum Gasteiger partial charge on any atom is -0.351 e. The summed E-state index contributed by atoms with van der Waals surface area (Å²) >= 11 is 3.36. The zero-order valence-electron chi connectivity index (χ0n) is 10.2. The molecule has 0 saturated carbocycles. The summed E-state index contributed by atoms with van der Waals surface area (Å²) < 4.78 is 0.975. The van der Waals surface area contributed by atoms with Crippen molar-refractivity contribution in [2.24, 2.45) is 5.73 Å².